The lowest BCUT2D eigenvalue weighted by molar-refractivity contribution is 0.751. The van der Waals surface area contributed by atoms with Crippen LogP contribution in [0.15, 0.2) is 54.6 Å². The Morgan fingerprint density at radius 1 is 1.00 bits per heavy atom. The molecule has 0 saturated heterocycles. The van der Waals surface area contributed by atoms with Crippen molar-refractivity contribution < 1.29 is 0 Å². The number of hydrogen-bond acceptors (Lipinski definition) is 1. The number of aromatic amines is 1. The summed E-state index contributed by atoms with van der Waals surface area (Å²) in [6.45, 7) is 2.29. The molecule has 2 aromatic carbocycles. The van der Waals surface area contributed by atoms with E-state index in [0.29, 0.717) is 5.92 Å². The number of benzene rings is 2. The lowest BCUT2D eigenvalue weighted by Gasteiger charge is -2.22. The maximum atomic E-state index is 4.59. The molecular formula is C18H16N2. The highest BCUT2D eigenvalue weighted by molar-refractivity contribution is 5.78. The molecule has 0 spiro atoms. The molecule has 4 rings (SSSR count). The van der Waals surface area contributed by atoms with Crippen LogP contribution in [-0.2, 0) is 6.42 Å². The van der Waals surface area contributed by atoms with Crippen LogP contribution in [0.2, 0.25) is 0 Å². The minimum absolute atomic E-state index is 0.494. The second-order valence-corrected chi connectivity index (χ2v) is 5.49. The molecule has 3 aromatic rings. The van der Waals surface area contributed by atoms with Crippen LogP contribution in [-0.4, -0.2) is 10.2 Å². The van der Waals surface area contributed by atoms with Crippen LogP contribution in [0.5, 0.6) is 0 Å². The summed E-state index contributed by atoms with van der Waals surface area (Å²) in [6, 6.07) is 19.1. The van der Waals surface area contributed by atoms with Gasteiger partial charge in [-0.25, -0.2) is 0 Å². The fraction of sp³-hybridized carbons (Fsp3) is 0.167. The average Bonchev–Trinajstić information content (AvgIpc) is 2.94. The summed E-state index contributed by atoms with van der Waals surface area (Å²) in [5.74, 6) is 0.494. The number of fused-ring (bicyclic) bond motifs is 3. The predicted molar refractivity (Wildman–Crippen MR) is 81.6 cm³/mol. The largest absolute Gasteiger partial charge is 0.277 e. The van der Waals surface area contributed by atoms with Crippen LogP contribution < -0.4 is 0 Å². The van der Waals surface area contributed by atoms with Crippen LogP contribution in [0, 0.1) is 0 Å². The number of nitrogens with one attached hydrogen (secondary N) is 1. The van der Waals surface area contributed by atoms with Crippen LogP contribution in [0.1, 0.15) is 24.0 Å². The molecule has 2 nitrogen and oxygen atoms in total. The van der Waals surface area contributed by atoms with Gasteiger partial charge in [-0.1, -0.05) is 61.5 Å². The molecule has 1 aromatic heterocycles. The predicted octanol–water partition coefficient (Wildman–Crippen LogP) is 4.40. The van der Waals surface area contributed by atoms with Gasteiger partial charge in [0, 0.05) is 16.7 Å². The highest BCUT2D eigenvalue weighted by Gasteiger charge is 2.27. The molecule has 20 heavy (non-hydrogen) atoms. The highest BCUT2D eigenvalue weighted by Crippen LogP contribution is 2.42. The molecule has 0 aliphatic heterocycles. The maximum Gasteiger partial charge on any atom is 0.0962 e. The van der Waals surface area contributed by atoms with E-state index < -0.39 is 0 Å². The molecule has 0 radical (unpaired) electrons. The first kappa shape index (κ1) is 11.5. The summed E-state index contributed by atoms with van der Waals surface area (Å²) in [4.78, 5) is 0. The van der Waals surface area contributed by atoms with E-state index in [1.807, 2.05) is 6.07 Å². The van der Waals surface area contributed by atoms with E-state index in [1.54, 1.807) is 0 Å². The second-order valence-electron chi connectivity index (χ2n) is 5.49. The Bertz CT molecular complexity index is 743. The Kier molecular flexibility index (Phi) is 2.49. The van der Waals surface area contributed by atoms with Gasteiger partial charge >= 0.3 is 0 Å². The van der Waals surface area contributed by atoms with Crippen LogP contribution in [0.3, 0.4) is 0 Å². The van der Waals surface area contributed by atoms with E-state index in [9.17, 15) is 0 Å². The van der Waals surface area contributed by atoms with Crippen molar-refractivity contribution in [1.82, 2.24) is 10.2 Å². The fourth-order valence-corrected chi connectivity index (χ4v) is 3.23. The summed E-state index contributed by atoms with van der Waals surface area (Å²) >= 11 is 0. The molecule has 0 bridgehead atoms. The average molecular weight is 260 g/mol. The van der Waals surface area contributed by atoms with Gasteiger partial charge in [0.15, 0.2) is 0 Å². The first-order valence-corrected chi connectivity index (χ1v) is 7.06. The number of aromatic nitrogens is 2. The summed E-state index contributed by atoms with van der Waals surface area (Å²) in [7, 11) is 0. The van der Waals surface area contributed by atoms with Gasteiger partial charge in [-0.3, -0.25) is 5.10 Å². The molecule has 0 amide bonds. The molecule has 1 aliphatic carbocycles. The van der Waals surface area contributed by atoms with Crippen molar-refractivity contribution >= 4 is 0 Å². The van der Waals surface area contributed by atoms with Gasteiger partial charge in [-0.15, -0.1) is 0 Å². The van der Waals surface area contributed by atoms with Crippen LogP contribution >= 0.6 is 0 Å². The van der Waals surface area contributed by atoms with E-state index in [2.05, 4.69) is 65.7 Å². The van der Waals surface area contributed by atoms with E-state index in [4.69, 9.17) is 0 Å². The molecule has 0 saturated carbocycles. The smallest absolute Gasteiger partial charge is 0.0962 e. The normalized spacial score (nSPS) is 16.6. The Hall–Kier alpha value is -2.35. The monoisotopic (exact) mass is 260 g/mol. The molecule has 1 unspecified atom stereocenters. The molecular weight excluding hydrogens is 244 g/mol. The first-order chi connectivity index (χ1) is 9.84. The van der Waals surface area contributed by atoms with Crippen molar-refractivity contribution in [3.05, 3.63) is 65.7 Å². The van der Waals surface area contributed by atoms with Gasteiger partial charge in [0.1, 0.15) is 0 Å². The van der Waals surface area contributed by atoms with Crippen molar-refractivity contribution in [3.8, 4) is 22.5 Å². The number of nitrogens with zero attached hydrogens (tertiary/aromatic N) is 1. The van der Waals surface area contributed by atoms with Gasteiger partial charge in [-0.2, -0.15) is 5.10 Å². The topological polar surface area (TPSA) is 28.7 Å². The van der Waals surface area contributed by atoms with E-state index in [1.165, 1.54) is 27.9 Å². The molecule has 1 atom stereocenters. The maximum absolute atomic E-state index is 4.59. The Morgan fingerprint density at radius 3 is 2.60 bits per heavy atom. The Balaban J connectivity index is 1.95. The minimum atomic E-state index is 0.494. The molecule has 2 heteroatoms. The van der Waals surface area contributed by atoms with Crippen LogP contribution in [0.4, 0.5) is 0 Å². The number of hydrogen-bond donors (Lipinski definition) is 1. The third kappa shape index (κ3) is 1.61. The summed E-state index contributed by atoms with van der Waals surface area (Å²) < 4.78 is 0. The highest BCUT2D eigenvalue weighted by atomic mass is 15.1. The lowest BCUT2D eigenvalue weighted by atomic mass is 9.81. The zero-order valence-electron chi connectivity index (χ0n) is 11.4. The molecule has 1 heterocycles. The number of H-pyrrole nitrogens is 1. The Labute approximate surface area is 118 Å². The van der Waals surface area contributed by atoms with Gasteiger partial charge in [0.25, 0.3) is 0 Å². The summed E-state index contributed by atoms with van der Waals surface area (Å²) in [5.41, 5.74) is 7.55. The van der Waals surface area contributed by atoms with Gasteiger partial charge in [0.2, 0.25) is 0 Å². The third-order valence-electron chi connectivity index (χ3n) is 4.16. The zero-order chi connectivity index (χ0) is 13.5. The lowest BCUT2D eigenvalue weighted by Crippen LogP contribution is -2.08. The quantitative estimate of drug-likeness (QED) is 0.690. The molecule has 1 aliphatic rings. The standard InChI is InChI=1S/C18H16N2/c1-12-11-14-9-5-6-10-15(14)18-16(12)17(19-20-18)13-7-3-2-4-8-13/h2-10,12H,11H2,1H3,(H,19,20). The molecule has 1 N–H and O–H groups in total. The van der Waals surface area contributed by atoms with Crippen molar-refractivity contribution in [3.63, 3.8) is 0 Å². The molecule has 98 valence electrons. The van der Waals surface area contributed by atoms with Crippen LogP contribution in [0.25, 0.3) is 22.5 Å². The van der Waals surface area contributed by atoms with Gasteiger partial charge in [-0.05, 0) is 17.9 Å². The van der Waals surface area contributed by atoms with E-state index in [0.717, 1.165) is 12.1 Å². The number of rotatable bonds is 1. The SMILES string of the molecule is CC1Cc2ccccc2-c2[nH]nc(-c3ccccc3)c21. The second kappa shape index (κ2) is 4.34. The van der Waals surface area contributed by atoms with Crippen molar-refractivity contribution in [2.75, 3.05) is 0 Å². The molecule has 0 fully saturated rings. The van der Waals surface area contributed by atoms with Crippen molar-refractivity contribution in [2.45, 2.75) is 19.3 Å². The van der Waals surface area contributed by atoms with E-state index in [-0.39, 0.29) is 0 Å². The van der Waals surface area contributed by atoms with E-state index >= 15 is 0 Å². The fourth-order valence-electron chi connectivity index (χ4n) is 3.23. The summed E-state index contributed by atoms with van der Waals surface area (Å²) in [5, 5.41) is 7.85. The minimum Gasteiger partial charge on any atom is -0.277 e. The first-order valence-electron chi connectivity index (χ1n) is 7.06. The zero-order valence-corrected chi connectivity index (χ0v) is 11.4. The summed E-state index contributed by atoms with van der Waals surface area (Å²) in [6.07, 6.45) is 1.09. The van der Waals surface area contributed by atoms with Crippen molar-refractivity contribution in [2.24, 2.45) is 0 Å². The van der Waals surface area contributed by atoms with Gasteiger partial charge in [0.05, 0.1) is 11.4 Å². The van der Waals surface area contributed by atoms with Crippen molar-refractivity contribution in [1.29, 1.82) is 0 Å². The third-order valence-corrected chi connectivity index (χ3v) is 4.16. The van der Waals surface area contributed by atoms with Gasteiger partial charge < -0.3 is 0 Å². The Morgan fingerprint density at radius 2 is 1.75 bits per heavy atom.